The number of hydrogen-bond acceptors (Lipinski definition) is 2. The van der Waals surface area contributed by atoms with E-state index in [0.29, 0.717) is 0 Å². The van der Waals surface area contributed by atoms with Crippen LogP contribution in [-0.2, 0) is 5.41 Å². The van der Waals surface area contributed by atoms with Crippen molar-refractivity contribution < 1.29 is 4.42 Å². The van der Waals surface area contributed by atoms with Crippen LogP contribution in [0.1, 0.15) is 25.0 Å². The monoisotopic (exact) mass is 779 g/mol. The molecule has 2 heteroatoms. The minimum Gasteiger partial charge on any atom is -0.454 e. The largest absolute Gasteiger partial charge is 0.454 e. The summed E-state index contributed by atoms with van der Waals surface area (Å²) in [7, 11) is 0. The zero-order valence-electron chi connectivity index (χ0n) is 34.1. The molecule has 0 radical (unpaired) electrons. The van der Waals surface area contributed by atoms with Crippen molar-refractivity contribution in [2.45, 2.75) is 19.3 Å². The standard InChI is InChI=1S/C59H41NO/c1-59(2)54-15-7-5-12-50(54)51-33-32-49(37-55(51)59)60(56-16-9-14-53-52-13-6-8-17-57(52)61-58(53)56)48-30-28-40(29-31-48)39-18-20-41(21-19-39)43-24-25-46-36-47(27-26-45(46)35-43)44-23-22-38-10-3-4-11-42(38)34-44/h3-37H,1-2H3. The quantitative estimate of drug-likeness (QED) is 0.167. The summed E-state index contributed by atoms with van der Waals surface area (Å²) < 4.78 is 6.65. The van der Waals surface area contributed by atoms with Gasteiger partial charge in [0.1, 0.15) is 5.58 Å². The lowest BCUT2D eigenvalue weighted by Crippen LogP contribution is -2.16. The molecule has 0 spiro atoms. The molecule has 0 aliphatic heterocycles. The highest BCUT2D eigenvalue weighted by Gasteiger charge is 2.36. The average molecular weight is 780 g/mol. The van der Waals surface area contributed by atoms with Crippen LogP contribution in [0, 0.1) is 0 Å². The molecule has 1 aromatic heterocycles. The molecule has 0 amide bonds. The van der Waals surface area contributed by atoms with Crippen LogP contribution in [-0.4, -0.2) is 0 Å². The number of para-hydroxylation sites is 2. The molecule has 0 atom stereocenters. The van der Waals surface area contributed by atoms with Gasteiger partial charge in [0.2, 0.25) is 0 Å². The lowest BCUT2D eigenvalue weighted by Gasteiger charge is -2.28. The van der Waals surface area contributed by atoms with Crippen molar-refractivity contribution in [1.82, 2.24) is 0 Å². The summed E-state index contributed by atoms with van der Waals surface area (Å²) >= 11 is 0. The fraction of sp³-hybridized carbons (Fsp3) is 0.0508. The number of fused-ring (bicyclic) bond motifs is 8. The van der Waals surface area contributed by atoms with E-state index in [9.17, 15) is 0 Å². The van der Waals surface area contributed by atoms with Gasteiger partial charge >= 0.3 is 0 Å². The summed E-state index contributed by atoms with van der Waals surface area (Å²) in [6, 6.07) is 77.4. The first kappa shape index (κ1) is 35.3. The maximum absolute atomic E-state index is 6.65. The molecule has 10 aromatic carbocycles. The molecular weight excluding hydrogens is 739 g/mol. The van der Waals surface area contributed by atoms with Crippen LogP contribution >= 0.6 is 0 Å². The highest BCUT2D eigenvalue weighted by molar-refractivity contribution is 6.10. The molecule has 1 heterocycles. The van der Waals surface area contributed by atoms with E-state index in [4.69, 9.17) is 4.42 Å². The number of rotatable bonds is 6. The van der Waals surface area contributed by atoms with Gasteiger partial charge < -0.3 is 9.32 Å². The Balaban J connectivity index is 0.877. The van der Waals surface area contributed by atoms with E-state index in [2.05, 4.69) is 225 Å². The number of hydrogen-bond donors (Lipinski definition) is 0. The Kier molecular flexibility index (Phi) is 7.92. The molecular formula is C59H41NO. The van der Waals surface area contributed by atoms with Gasteiger partial charge in [0, 0.05) is 27.6 Å². The molecule has 0 unspecified atom stereocenters. The van der Waals surface area contributed by atoms with Crippen molar-refractivity contribution >= 4 is 60.5 Å². The van der Waals surface area contributed by atoms with Crippen LogP contribution in [0.5, 0.6) is 0 Å². The van der Waals surface area contributed by atoms with Crippen LogP contribution in [0.4, 0.5) is 17.1 Å². The fourth-order valence-electron chi connectivity index (χ4n) is 9.80. The summed E-state index contributed by atoms with van der Waals surface area (Å²) in [4.78, 5) is 2.36. The summed E-state index contributed by atoms with van der Waals surface area (Å²) in [5, 5.41) is 7.24. The lowest BCUT2D eigenvalue weighted by atomic mass is 9.82. The van der Waals surface area contributed by atoms with E-state index < -0.39 is 0 Å². The first-order valence-corrected chi connectivity index (χ1v) is 21.2. The van der Waals surface area contributed by atoms with Gasteiger partial charge in [0.05, 0.1) is 5.69 Å². The summed E-state index contributed by atoms with van der Waals surface area (Å²) in [5.41, 5.74) is 17.4. The molecule has 11 aromatic rings. The second kappa shape index (κ2) is 13.7. The maximum atomic E-state index is 6.65. The summed E-state index contributed by atoms with van der Waals surface area (Å²) in [5.74, 6) is 0. The van der Waals surface area contributed by atoms with Crippen molar-refractivity contribution in [1.29, 1.82) is 0 Å². The van der Waals surface area contributed by atoms with Crippen molar-refractivity contribution in [2.24, 2.45) is 0 Å². The van der Waals surface area contributed by atoms with Gasteiger partial charge in [0.25, 0.3) is 0 Å². The van der Waals surface area contributed by atoms with Gasteiger partial charge in [-0.25, -0.2) is 0 Å². The van der Waals surface area contributed by atoms with E-state index in [1.807, 2.05) is 6.07 Å². The molecule has 0 bridgehead atoms. The number of furan rings is 1. The second-order valence-electron chi connectivity index (χ2n) is 17.0. The van der Waals surface area contributed by atoms with Crippen LogP contribution in [0.2, 0.25) is 0 Å². The third kappa shape index (κ3) is 5.79. The van der Waals surface area contributed by atoms with Gasteiger partial charge in [-0.3, -0.25) is 0 Å². The zero-order chi connectivity index (χ0) is 40.7. The van der Waals surface area contributed by atoms with E-state index in [1.165, 1.54) is 77.2 Å². The molecule has 2 nitrogen and oxygen atoms in total. The number of anilines is 3. The fourth-order valence-corrected chi connectivity index (χ4v) is 9.80. The minimum absolute atomic E-state index is 0.121. The predicted molar refractivity (Wildman–Crippen MR) is 257 cm³/mol. The molecule has 0 saturated heterocycles. The first-order chi connectivity index (χ1) is 30.0. The molecule has 288 valence electrons. The molecule has 1 aliphatic carbocycles. The Labute approximate surface area is 355 Å². The van der Waals surface area contributed by atoms with E-state index in [1.54, 1.807) is 0 Å². The second-order valence-corrected chi connectivity index (χ2v) is 17.0. The molecule has 0 saturated carbocycles. The van der Waals surface area contributed by atoms with E-state index >= 15 is 0 Å². The van der Waals surface area contributed by atoms with Crippen LogP contribution < -0.4 is 4.90 Å². The Morgan fingerprint density at radius 2 is 0.869 bits per heavy atom. The zero-order valence-corrected chi connectivity index (χ0v) is 34.1. The summed E-state index contributed by atoms with van der Waals surface area (Å²) in [6.07, 6.45) is 0. The van der Waals surface area contributed by atoms with Gasteiger partial charge in [-0.15, -0.1) is 0 Å². The highest BCUT2D eigenvalue weighted by atomic mass is 16.3. The number of nitrogens with zero attached hydrogens (tertiary/aromatic N) is 1. The highest BCUT2D eigenvalue weighted by Crippen LogP contribution is 2.51. The van der Waals surface area contributed by atoms with Crippen LogP contribution in [0.3, 0.4) is 0 Å². The smallest absolute Gasteiger partial charge is 0.159 e. The topological polar surface area (TPSA) is 16.4 Å². The Bertz CT molecular complexity index is 3500. The van der Waals surface area contributed by atoms with Crippen molar-refractivity contribution in [3.63, 3.8) is 0 Å². The Morgan fingerprint density at radius 3 is 1.61 bits per heavy atom. The van der Waals surface area contributed by atoms with Gasteiger partial charge in [-0.05, 0) is 132 Å². The molecule has 0 N–H and O–H groups in total. The predicted octanol–water partition coefficient (Wildman–Crippen LogP) is 16.7. The normalized spacial score (nSPS) is 12.9. The van der Waals surface area contributed by atoms with Gasteiger partial charge in [0.15, 0.2) is 5.58 Å². The van der Waals surface area contributed by atoms with E-state index in [0.717, 1.165) is 39.0 Å². The van der Waals surface area contributed by atoms with Crippen LogP contribution in [0.15, 0.2) is 217 Å². The lowest BCUT2D eigenvalue weighted by molar-refractivity contribution is 0.660. The first-order valence-electron chi connectivity index (χ1n) is 21.2. The van der Waals surface area contributed by atoms with Crippen molar-refractivity contribution in [2.75, 3.05) is 4.90 Å². The van der Waals surface area contributed by atoms with E-state index in [-0.39, 0.29) is 5.41 Å². The number of benzene rings is 10. The molecule has 1 aliphatic rings. The summed E-state index contributed by atoms with van der Waals surface area (Å²) in [6.45, 7) is 4.68. The average Bonchev–Trinajstić information content (AvgIpc) is 3.81. The molecule has 12 rings (SSSR count). The maximum Gasteiger partial charge on any atom is 0.159 e. The van der Waals surface area contributed by atoms with Gasteiger partial charge in [-0.1, -0.05) is 172 Å². The van der Waals surface area contributed by atoms with Crippen LogP contribution in [0.25, 0.3) is 88.0 Å². The van der Waals surface area contributed by atoms with Crippen molar-refractivity contribution in [3.8, 4) is 44.5 Å². The Hall–Kier alpha value is -7.68. The van der Waals surface area contributed by atoms with Gasteiger partial charge in [-0.2, -0.15) is 0 Å². The molecule has 61 heavy (non-hydrogen) atoms. The molecule has 0 fully saturated rings. The SMILES string of the molecule is CC1(C)c2ccccc2-c2ccc(N(c3ccc(-c4ccc(-c5ccc6cc(-c7ccc8ccccc8c7)ccc6c5)cc4)cc3)c3cccc4c3oc3ccccc34)cc21. The Morgan fingerprint density at radius 1 is 0.361 bits per heavy atom. The minimum atomic E-state index is -0.121. The third-order valence-corrected chi connectivity index (χ3v) is 13.0. The van der Waals surface area contributed by atoms with Crippen molar-refractivity contribution in [3.05, 3.63) is 223 Å². The third-order valence-electron chi connectivity index (χ3n) is 13.0.